The predicted molar refractivity (Wildman–Crippen MR) is 57.1 cm³/mol. The fourth-order valence-electron chi connectivity index (χ4n) is 1.51. The quantitative estimate of drug-likeness (QED) is 0.558. The lowest BCUT2D eigenvalue weighted by Gasteiger charge is -2.32. The zero-order chi connectivity index (χ0) is 10.7. The van der Waals surface area contributed by atoms with Crippen molar-refractivity contribution in [2.75, 3.05) is 31.1 Å². The van der Waals surface area contributed by atoms with Crippen molar-refractivity contribution in [3.05, 3.63) is 11.0 Å². The van der Waals surface area contributed by atoms with E-state index in [-0.39, 0.29) is 0 Å². The minimum absolute atomic E-state index is 0.380. The summed E-state index contributed by atoms with van der Waals surface area (Å²) in [5.74, 6) is 0.768. The van der Waals surface area contributed by atoms with Gasteiger partial charge in [-0.05, 0) is 12.2 Å². The second-order valence-corrected chi connectivity index (χ2v) is 3.66. The van der Waals surface area contributed by atoms with Crippen LogP contribution in [0.5, 0.6) is 0 Å². The monoisotopic (exact) mass is 225 g/mol. The molecule has 0 aliphatic carbocycles. The second kappa shape index (κ2) is 4.35. The maximum Gasteiger partial charge on any atom is 0.215 e. The minimum Gasteiger partial charge on any atom is -0.352 e. The average Bonchev–Trinajstić information content (AvgIpc) is 2.29. The lowest BCUT2D eigenvalue weighted by Crippen LogP contribution is -2.46. The largest absolute Gasteiger partial charge is 0.352 e. The van der Waals surface area contributed by atoms with Crippen molar-refractivity contribution < 1.29 is 4.79 Å². The number of rotatable bonds is 2. The SMILES string of the molecule is O=CN1CCN(c2cn[nH]c(=S)n2)CC1. The number of aromatic nitrogens is 3. The van der Waals surface area contributed by atoms with Gasteiger partial charge in [-0.25, -0.2) is 0 Å². The molecule has 0 aromatic carbocycles. The highest BCUT2D eigenvalue weighted by atomic mass is 32.1. The van der Waals surface area contributed by atoms with Crippen LogP contribution in [0, 0.1) is 4.77 Å². The molecule has 1 aliphatic heterocycles. The van der Waals surface area contributed by atoms with Crippen LogP contribution in [0.15, 0.2) is 6.20 Å². The molecule has 1 amide bonds. The Balaban J connectivity index is 2.07. The van der Waals surface area contributed by atoms with Gasteiger partial charge in [0.15, 0.2) is 5.82 Å². The van der Waals surface area contributed by atoms with Crippen molar-refractivity contribution in [1.82, 2.24) is 20.1 Å². The number of carbonyl (C=O) groups excluding carboxylic acids is 1. The number of hydrogen-bond acceptors (Lipinski definition) is 5. The highest BCUT2D eigenvalue weighted by molar-refractivity contribution is 7.71. The number of piperazine rings is 1. The molecule has 80 valence electrons. The minimum atomic E-state index is 0.380. The number of nitrogens with one attached hydrogen (secondary N) is 1. The summed E-state index contributed by atoms with van der Waals surface area (Å²) >= 11 is 4.89. The van der Waals surface area contributed by atoms with Gasteiger partial charge >= 0.3 is 0 Å². The number of hydrogen-bond donors (Lipinski definition) is 1. The van der Waals surface area contributed by atoms with Gasteiger partial charge in [-0.15, -0.1) is 0 Å². The molecule has 2 heterocycles. The van der Waals surface area contributed by atoms with E-state index >= 15 is 0 Å². The summed E-state index contributed by atoms with van der Waals surface area (Å²) in [6.45, 7) is 2.98. The summed E-state index contributed by atoms with van der Waals surface area (Å²) in [5.41, 5.74) is 0. The summed E-state index contributed by atoms with van der Waals surface area (Å²) < 4.78 is 0.380. The molecule has 0 spiro atoms. The summed E-state index contributed by atoms with van der Waals surface area (Å²) in [7, 11) is 0. The van der Waals surface area contributed by atoms with E-state index in [0.29, 0.717) is 4.77 Å². The van der Waals surface area contributed by atoms with Gasteiger partial charge in [0.05, 0.1) is 6.20 Å². The molecule has 1 saturated heterocycles. The first kappa shape index (κ1) is 10.0. The van der Waals surface area contributed by atoms with Crippen LogP contribution in [0.25, 0.3) is 0 Å². The third-order valence-electron chi connectivity index (χ3n) is 2.34. The van der Waals surface area contributed by atoms with E-state index in [2.05, 4.69) is 20.1 Å². The molecule has 0 atom stereocenters. The van der Waals surface area contributed by atoms with E-state index in [0.717, 1.165) is 38.4 Å². The first-order valence-electron chi connectivity index (χ1n) is 4.65. The topological polar surface area (TPSA) is 65.1 Å². The van der Waals surface area contributed by atoms with Crippen molar-refractivity contribution in [2.24, 2.45) is 0 Å². The van der Waals surface area contributed by atoms with Crippen LogP contribution in [0.2, 0.25) is 0 Å². The zero-order valence-corrected chi connectivity index (χ0v) is 8.90. The van der Waals surface area contributed by atoms with Crippen LogP contribution in [-0.2, 0) is 4.79 Å². The maximum absolute atomic E-state index is 10.5. The number of amides is 1. The number of H-pyrrole nitrogens is 1. The van der Waals surface area contributed by atoms with Crippen LogP contribution in [-0.4, -0.2) is 52.7 Å². The molecule has 0 bridgehead atoms. The third-order valence-corrected chi connectivity index (χ3v) is 2.53. The van der Waals surface area contributed by atoms with Gasteiger partial charge in [0.2, 0.25) is 11.2 Å². The van der Waals surface area contributed by atoms with Gasteiger partial charge < -0.3 is 9.80 Å². The second-order valence-electron chi connectivity index (χ2n) is 3.27. The Kier molecular flexibility index (Phi) is 2.91. The highest BCUT2D eigenvalue weighted by Crippen LogP contribution is 2.10. The van der Waals surface area contributed by atoms with Crippen LogP contribution < -0.4 is 4.90 Å². The molecule has 0 saturated carbocycles. The molecule has 6 nitrogen and oxygen atoms in total. The van der Waals surface area contributed by atoms with E-state index in [9.17, 15) is 4.79 Å². The van der Waals surface area contributed by atoms with Crippen molar-refractivity contribution in [3.8, 4) is 0 Å². The number of aromatic amines is 1. The van der Waals surface area contributed by atoms with Gasteiger partial charge in [-0.2, -0.15) is 10.1 Å². The van der Waals surface area contributed by atoms with Crippen LogP contribution in [0.4, 0.5) is 5.82 Å². The smallest absolute Gasteiger partial charge is 0.215 e. The van der Waals surface area contributed by atoms with Crippen LogP contribution in [0.3, 0.4) is 0 Å². The van der Waals surface area contributed by atoms with Crippen molar-refractivity contribution >= 4 is 24.4 Å². The molecule has 1 aromatic heterocycles. The van der Waals surface area contributed by atoms with Gasteiger partial charge in [0, 0.05) is 26.2 Å². The van der Waals surface area contributed by atoms with E-state index in [4.69, 9.17) is 12.2 Å². The van der Waals surface area contributed by atoms with Crippen LogP contribution in [0.1, 0.15) is 0 Å². The van der Waals surface area contributed by atoms with Gasteiger partial charge in [-0.1, -0.05) is 0 Å². The molecule has 7 heteroatoms. The van der Waals surface area contributed by atoms with Crippen molar-refractivity contribution in [3.63, 3.8) is 0 Å². The van der Waals surface area contributed by atoms with Crippen molar-refractivity contribution in [2.45, 2.75) is 0 Å². The predicted octanol–water partition coefficient (Wildman–Crippen LogP) is -0.187. The zero-order valence-electron chi connectivity index (χ0n) is 8.09. The molecular formula is C8H11N5OS. The Morgan fingerprint density at radius 2 is 2.13 bits per heavy atom. The molecule has 1 fully saturated rings. The van der Waals surface area contributed by atoms with E-state index in [1.807, 2.05) is 0 Å². The summed E-state index contributed by atoms with van der Waals surface area (Å²) in [6, 6.07) is 0. The molecule has 0 unspecified atom stereocenters. The van der Waals surface area contributed by atoms with Crippen LogP contribution >= 0.6 is 12.2 Å². The molecule has 1 N–H and O–H groups in total. The van der Waals surface area contributed by atoms with Gasteiger partial charge in [-0.3, -0.25) is 9.89 Å². The summed E-state index contributed by atoms with van der Waals surface area (Å²) in [6.07, 6.45) is 2.52. The normalized spacial score (nSPS) is 16.5. The Morgan fingerprint density at radius 1 is 1.40 bits per heavy atom. The first-order chi connectivity index (χ1) is 7.29. The van der Waals surface area contributed by atoms with E-state index < -0.39 is 0 Å². The summed E-state index contributed by atoms with van der Waals surface area (Å²) in [4.78, 5) is 18.5. The molecular weight excluding hydrogens is 214 g/mol. The van der Waals surface area contributed by atoms with E-state index in [1.165, 1.54) is 0 Å². The summed E-state index contributed by atoms with van der Waals surface area (Å²) in [5, 5.41) is 6.47. The lowest BCUT2D eigenvalue weighted by molar-refractivity contribution is -0.118. The van der Waals surface area contributed by atoms with E-state index in [1.54, 1.807) is 11.1 Å². The van der Waals surface area contributed by atoms with Gasteiger partial charge in [0.1, 0.15) is 0 Å². The standard InChI is InChI=1S/C8H11N5OS/c14-6-12-1-3-13(4-2-12)7-5-9-11-8(15)10-7/h5-6H,1-4H2,(H,10,11,15). The Bertz CT molecular complexity index is 398. The molecule has 2 rings (SSSR count). The fraction of sp³-hybridized carbons (Fsp3) is 0.500. The third kappa shape index (κ3) is 2.30. The fourth-order valence-corrected chi connectivity index (χ4v) is 1.66. The number of nitrogens with zero attached hydrogens (tertiary/aromatic N) is 4. The molecule has 1 aliphatic rings. The Morgan fingerprint density at radius 3 is 2.73 bits per heavy atom. The Hall–Kier alpha value is -1.50. The Labute approximate surface area is 91.9 Å². The first-order valence-corrected chi connectivity index (χ1v) is 5.06. The highest BCUT2D eigenvalue weighted by Gasteiger charge is 2.16. The number of anilines is 1. The number of carbonyl (C=O) groups is 1. The van der Waals surface area contributed by atoms with Gasteiger partial charge in [0.25, 0.3) is 0 Å². The molecule has 0 radical (unpaired) electrons. The molecule has 15 heavy (non-hydrogen) atoms. The molecule has 1 aromatic rings. The average molecular weight is 225 g/mol. The van der Waals surface area contributed by atoms with Crippen molar-refractivity contribution in [1.29, 1.82) is 0 Å². The lowest BCUT2D eigenvalue weighted by atomic mass is 10.3. The maximum atomic E-state index is 10.5.